The summed E-state index contributed by atoms with van der Waals surface area (Å²) in [4.78, 5) is 4.65. The van der Waals surface area contributed by atoms with Gasteiger partial charge in [-0.3, -0.25) is 4.99 Å². The molecule has 0 aliphatic carbocycles. The molecule has 29 heavy (non-hydrogen) atoms. The molecule has 0 bridgehead atoms. The van der Waals surface area contributed by atoms with Crippen LogP contribution in [0.2, 0.25) is 0 Å². The molecule has 1 saturated heterocycles. The van der Waals surface area contributed by atoms with Gasteiger partial charge in [-0.15, -0.1) is 24.0 Å². The number of ether oxygens (including phenoxy) is 3. The SMILES string of the molecule is CCNC(=NCCCOCC1CCOCC1)NCCc1ccccc1OCC.I. The molecule has 0 unspecified atom stereocenters. The molecule has 0 aromatic heterocycles. The summed E-state index contributed by atoms with van der Waals surface area (Å²) in [6.07, 6.45) is 4.08. The Labute approximate surface area is 193 Å². The summed E-state index contributed by atoms with van der Waals surface area (Å²) in [5.74, 6) is 2.49. The lowest BCUT2D eigenvalue weighted by Gasteiger charge is -2.21. The zero-order chi connectivity index (χ0) is 19.9. The van der Waals surface area contributed by atoms with E-state index in [1.807, 2.05) is 19.1 Å². The first-order chi connectivity index (χ1) is 13.8. The summed E-state index contributed by atoms with van der Waals surface area (Å²) in [5, 5.41) is 6.71. The first-order valence-corrected chi connectivity index (χ1v) is 10.7. The van der Waals surface area contributed by atoms with E-state index < -0.39 is 0 Å². The van der Waals surface area contributed by atoms with Gasteiger partial charge < -0.3 is 24.8 Å². The minimum absolute atomic E-state index is 0. The Morgan fingerprint density at radius 3 is 2.72 bits per heavy atom. The fraction of sp³-hybridized carbons (Fsp3) is 0.682. The Bertz CT molecular complexity index is 566. The molecule has 7 heteroatoms. The van der Waals surface area contributed by atoms with Crippen molar-refractivity contribution in [1.82, 2.24) is 10.6 Å². The van der Waals surface area contributed by atoms with Crippen molar-refractivity contribution in [2.45, 2.75) is 39.5 Å². The van der Waals surface area contributed by atoms with Crippen molar-refractivity contribution in [2.75, 3.05) is 52.7 Å². The molecule has 1 fully saturated rings. The fourth-order valence-electron chi connectivity index (χ4n) is 3.18. The molecule has 1 aromatic carbocycles. The summed E-state index contributed by atoms with van der Waals surface area (Å²) in [6.45, 7) is 10.6. The van der Waals surface area contributed by atoms with Gasteiger partial charge in [0.25, 0.3) is 0 Å². The number of aliphatic imine (C=N–C) groups is 1. The minimum atomic E-state index is 0. The summed E-state index contributed by atoms with van der Waals surface area (Å²) in [6, 6.07) is 8.21. The van der Waals surface area contributed by atoms with Crippen LogP contribution in [0.4, 0.5) is 0 Å². The lowest BCUT2D eigenvalue weighted by atomic mass is 10.0. The van der Waals surface area contributed by atoms with Crippen LogP contribution in [0.5, 0.6) is 5.75 Å². The van der Waals surface area contributed by atoms with Crippen molar-refractivity contribution < 1.29 is 14.2 Å². The normalized spacial score (nSPS) is 14.9. The zero-order valence-electron chi connectivity index (χ0n) is 18.0. The number of nitrogens with zero attached hydrogens (tertiary/aromatic N) is 1. The van der Waals surface area contributed by atoms with Crippen LogP contribution in [0, 0.1) is 5.92 Å². The number of halogens is 1. The quantitative estimate of drug-likeness (QED) is 0.191. The lowest BCUT2D eigenvalue weighted by Crippen LogP contribution is -2.38. The third-order valence-electron chi connectivity index (χ3n) is 4.71. The highest BCUT2D eigenvalue weighted by Gasteiger charge is 2.13. The van der Waals surface area contributed by atoms with Crippen molar-refractivity contribution >= 4 is 29.9 Å². The second kappa shape index (κ2) is 16.7. The monoisotopic (exact) mass is 519 g/mol. The Kier molecular flexibility index (Phi) is 15.0. The van der Waals surface area contributed by atoms with Crippen LogP contribution in [0.1, 0.15) is 38.7 Å². The van der Waals surface area contributed by atoms with Crippen LogP contribution in [0.15, 0.2) is 29.3 Å². The Morgan fingerprint density at radius 1 is 1.17 bits per heavy atom. The van der Waals surface area contributed by atoms with Gasteiger partial charge in [0.05, 0.1) is 6.61 Å². The molecule has 166 valence electrons. The predicted molar refractivity (Wildman–Crippen MR) is 130 cm³/mol. The van der Waals surface area contributed by atoms with Gasteiger partial charge in [0.2, 0.25) is 0 Å². The van der Waals surface area contributed by atoms with E-state index in [-0.39, 0.29) is 24.0 Å². The number of nitrogens with one attached hydrogen (secondary N) is 2. The molecular weight excluding hydrogens is 481 g/mol. The smallest absolute Gasteiger partial charge is 0.191 e. The Hall–Kier alpha value is -1.06. The molecule has 2 rings (SSSR count). The van der Waals surface area contributed by atoms with Crippen LogP contribution < -0.4 is 15.4 Å². The van der Waals surface area contributed by atoms with Gasteiger partial charge in [-0.1, -0.05) is 18.2 Å². The molecule has 6 nitrogen and oxygen atoms in total. The number of rotatable bonds is 12. The van der Waals surface area contributed by atoms with Crippen molar-refractivity contribution in [3.05, 3.63) is 29.8 Å². The van der Waals surface area contributed by atoms with E-state index in [1.165, 1.54) is 5.56 Å². The second-order valence-corrected chi connectivity index (χ2v) is 6.96. The molecule has 1 aliphatic heterocycles. The van der Waals surface area contributed by atoms with Crippen LogP contribution in [0.3, 0.4) is 0 Å². The van der Waals surface area contributed by atoms with Gasteiger partial charge in [-0.05, 0) is 57.1 Å². The van der Waals surface area contributed by atoms with Gasteiger partial charge in [-0.25, -0.2) is 0 Å². The maximum atomic E-state index is 5.81. The highest BCUT2D eigenvalue weighted by Crippen LogP contribution is 2.18. The molecular formula is C22H38IN3O3. The largest absolute Gasteiger partial charge is 0.494 e. The van der Waals surface area contributed by atoms with E-state index in [2.05, 4.69) is 34.7 Å². The molecule has 0 saturated carbocycles. The summed E-state index contributed by atoms with van der Waals surface area (Å²) < 4.78 is 16.9. The number of hydrogen-bond donors (Lipinski definition) is 2. The zero-order valence-corrected chi connectivity index (χ0v) is 20.3. The van der Waals surface area contributed by atoms with Gasteiger partial charge >= 0.3 is 0 Å². The summed E-state index contributed by atoms with van der Waals surface area (Å²) in [5.41, 5.74) is 1.22. The molecule has 0 atom stereocenters. The molecule has 1 aromatic rings. The van der Waals surface area contributed by atoms with Crippen molar-refractivity contribution in [3.8, 4) is 5.75 Å². The van der Waals surface area contributed by atoms with Gasteiger partial charge in [0, 0.05) is 46.1 Å². The maximum absolute atomic E-state index is 5.81. The first-order valence-electron chi connectivity index (χ1n) is 10.7. The molecule has 1 aliphatic rings. The van der Waals surface area contributed by atoms with Crippen LogP contribution in [0.25, 0.3) is 0 Å². The molecule has 1 heterocycles. The van der Waals surface area contributed by atoms with Crippen LogP contribution in [-0.4, -0.2) is 58.6 Å². The van der Waals surface area contributed by atoms with Gasteiger partial charge in [0.1, 0.15) is 5.75 Å². The van der Waals surface area contributed by atoms with E-state index in [1.54, 1.807) is 0 Å². The van der Waals surface area contributed by atoms with E-state index >= 15 is 0 Å². The van der Waals surface area contributed by atoms with Gasteiger partial charge in [0.15, 0.2) is 5.96 Å². The molecule has 0 spiro atoms. The van der Waals surface area contributed by atoms with E-state index in [0.29, 0.717) is 12.5 Å². The number of benzene rings is 1. The Balaban J connectivity index is 0.00000420. The number of para-hydroxylation sites is 1. The Morgan fingerprint density at radius 2 is 1.97 bits per heavy atom. The molecule has 2 N–H and O–H groups in total. The average Bonchev–Trinajstić information content (AvgIpc) is 2.72. The second-order valence-electron chi connectivity index (χ2n) is 6.96. The highest BCUT2D eigenvalue weighted by molar-refractivity contribution is 14.0. The van der Waals surface area contributed by atoms with Crippen molar-refractivity contribution in [1.29, 1.82) is 0 Å². The molecule has 0 radical (unpaired) electrons. The predicted octanol–water partition coefficient (Wildman–Crippen LogP) is 3.63. The standard InChI is InChI=1S/C22H37N3O3.HI/c1-3-23-22(24-13-7-15-27-18-19-11-16-26-17-12-19)25-14-10-20-8-5-6-9-21(20)28-4-2;/h5-6,8-9,19H,3-4,7,10-18H2,1-2H3,(H2,23,24,25);1H. The van der Waals surface area contributed by atoms with Gasteiger partial charge in [-0.2, -0.15) is 0 Å². The average molecular weight is 519 g/mol. The summed E-state index contributed by atoms with van der Waals surface area (Å²) in [7, 11) is 0. The maximum Gasteiger partial charge on any atom is 0.191 e. The van der Waals surface area contributed by atoms with E-state index in [4.69, 9.17) is 14.2 Å². The highest BCUT2D eigenvalue weighted by atomic mass is 127. The summed E-state index contributed by atoms with van der Waals surface area (Å²) >= 11 is 0. The van der Waals surface area contributed by atoms with Crippen molar-refractivity contribution in [2.24, 2.45) is 10.9 Å². The van der Waals surface area contributed by atoms with Crippen LogP contribution >= 0.6 is 24.0 Å². The minimum Gasteiger partial charge on any atom is -0.494 e. The number of hydrogen-bond acceptors (Lipinski definition) is 4. The van der Waals surface area contributed by atoms with Crippen molar-refractivity contribution in [3.63, 3.8) is 0 Å². The van der Waals surface area contributed by atoms with E-state index in [0.717, 1.165) is 83.5 Å². The first kappa shape index (κ1) is 26.0. The number of guanidine groups is 1. The topological polar surface area (TPSA) is 64.1 Å². The lowest BCUT2D eigenvalue weighted by molar-refractivity contribution is 0.0205. The fourth-order valence-corrected chi connectivity index (χ4v) is 3.18. The van der Waals surface area contributed by atoms with Crippen LogP contribution in [-0.2, 0) is 15.9 Å². The third kappa shape index (κ3) is 11.1. The van der Waals surface area contributed by atoms with E-state index in [9.17, 15) is 0 Å². The third-order valence-corrected chi connectivity index (χ3v) is 4.71. The molecule has 0 amide bonds.